The number of rotatable bonds is 10. The number of nitrogens with two attached hydrogens (primary N) is 1. The molecule has 0 spiro atoms. The van der Waals surface area contributed by atoms with Crippen LogP contribution in [-0.4, -0.2) is 63.6 Å². The molecule has 5 atom stereocenters. The van der Waals surface area contributed by atoms with E-state index in [2.05, 4.69) is 26.6 Å². The highest BCUT2D eigenvalue weighted by atomic mass is 31.2. The van der Waals surface area contributed by atoms with Crippen LogP contribution in [0.3, 0.4) is 0 Å². The number of carbonyl (C=O) groups excluding carboxylic acids is 1. The summed E-state index contributed by atoms with van der Waals surface area (Å²) in [5.74, 6) is -0.659. The highest BCUT2D eigenvalue weighted by Crippen LogP contribution is 2.48. The number of methoxy groups -OCH3 is 2. The average Bonchev–Trinajstić information content (AvgIpc) is 3.42. The molecule has 3 aromatic rings. The summed E-state index contributed by atoms with van der Waals surface area (Å²) in [5.41, 5.74) is 6.08. The SMILES string of the molecule is C=C1[C@H](CO[P@@](=O)(NC(C)C(=O)OC)Oc2ccc(OC)cc2)[C@@H](O)C[C@@H]1n1cnc2c(=O)[nH]c(N)nc21. The number of anilines is 1. The molecular formula is C23H29N6O8P. The molecular weight excluding hydrogens is 519 g/mol. The molecule has 0 radical (unpaired) electrons. The van der Waals surface area contributed by atoms with E-state index in [0.29, 0.717) is 11.3 Å². The van der Waals surface area contributed by atoms with Gasteiger partial charge in [-0.15, -0.1) is 0 Å². The minimum Gasteiger partial charge on any atom is -0.497 e. The number of imidazole rings is 1. The van der Waals surface area contributed by atoms with E-state index < -0.39 is 43.4 Å². The second-order valence-corrected chi connectivity index (χ2v) is 10.4. The Morgan fingerprint density at radius 2 is 2.03 bits per heavy atom. The third kappa shape index (κ3) is 5.58. The van der Waals surface area contributed by atoms with E-state index in [1.807, 2.05) is 0 Å². The third-order valence-electron chi connectivity index (χ3n) is 6.24. The predicted molar refractivity (Wildman–Crippen MR) is 137 cm³/mol. The van der Waals surface area contributed by atoms with Crippen molar-refractivity contribution in [1.82, 2.24) is 24.6 Å². The summed E-state index contributed by atoms with van der Waals surface area (Å²) < 4.78 is 36.5. The molecule has 0 saturated heterocycles. The number of hydrogen-bond acceptors (Lipinski definition) is 11. The molecule has 1 aliphatic rings. The summed E-state index contributed by atoms with van der Waals surface area (Å²) >= 11 is 0. The molecule has 5 N–H and O–H groups in total. The monoisotopic (exact) mass is 548 g/mol. The lowest BCUT2D eigenvalue weighted by Gasteiger charge is -2.25. The molecule has 204 valence electrons. The van der Waals surface area contributed by atoms with Crippen molar-refractivity contribution in [1.29, 1.82) is 0 Å². The molecule has 14 nitrogen and oxygen atoms in total. The first kappa shape index (κ1) is 27.3. The van der Waals surface area contributed by atoms with Crippen LogP contribution in [0, 0.1) is 5.92 Å². The number of ether oxygens (including phenoxy) is 2. The highest BCUT2D eigenvalue weighted by Gasteiger charge is 2.41. The van der Waals surface area contributed by atoms with Crippen molar-refractivity contribution in [2.75, 3.05) is 26.6 Å². The van der Waals surface area contributed by atoms with Gasteiger partial charge in [0.2, 0.25) is 5.95 Å². The lowest BCUT2D eigenvalue weighted by Crippen LogP contribution is -2.35. The van der Waals surface area contributed by atoms with Gasteiger partial charge in [0.25, 0.3) is 5.56 Å². The van der Waals surface area contributed by atoms with E-state index in [1.165, 1.54) is 39.6 Å². The Hall–Kier alpha value is -3.71. The zero-order valence-corrected chi connectivity index (χ0v) is 21.9. The second kappa shape index (κ2) is 11.0. The number of nitrogens with zero attached hydrogens (tertiary/aromatic N) is 3. The molecule has 0 amide bonds. The van der Waals surface area contributed by atoms with Crippen molar-refractivity contribution < 1.29 is 33.0 Å². The summed E-state index contributed by atoms with van der Waals surface area (Å²) in [6.45, 7) is 5.30. The Labute approximate surface area is 217 Å². The van der Waals surface area contributed by atoms with Crippen LogP contribution in [0.15, 0.2) is 47.5 Å². The van der Waals surface area contributed by atoms with Gasteiger partial charge in [0.1, 0.15) is 17.5 Å². The number of aromatic nitrogens is 4. The number of fused-ring (bicyclic) bond motifs is 1. The lowest BCUT2D eigenvalue weighted by atomic mass is 10.0. The Kier molecular flexibility index (Phi) is 7.88. The van der Waals surface area contributed by atoms with Crippen LogP contribution in [0.5, 0.6) is 11.5 Å². The third-order valence-corrected chi connectivity index (χ3v) is 7.88. The Morgan fingerprint density at radius 1 is 1.34 bits per heavy atom. The summed E-state index contributed by atoms with van der Waals surface area (Å²) in [7, 11) is -1.46. The molecule has 2 aromatic heterocycles. The van der Waals surface area contributed by atoms with Crippen molar-refractivity contribution in [3.05, 3.63) is 53.1 Å². The number of nitrogen functional groups attached to an aromatic ring is 1. The second-order valence-electron chi connectivity index (χ2n) is 8.71. The first-order valence-corrected chi connectivity index (χ1v) is 13.1. The van der Waals surface area contributed by atoms with Crippen LogP contribution < -0.4 is 25.6 Å². The molecule has 1 aromatic carbocycles. The molecule has 1 aliphatic carbocycles. The smallest absolute Gasteiger partial charge is 0.459 e. The Bertz CT molecular complexity index is 1440. The molecule has 0 bridgehead atoms. The van der Waals surface area contributed by atoms with E-state index in [4.69, 9.17) is 24.3 Å². The van der Waals surface area contributed by atoms with Crippen molar-refractivity contribution in [2.45, 2.75) is 31.5 Å². The van der Waals surface area contributed by atoms with Crippen LogP contribution in [0.4, 0.5) is 5.95 Å². The van der Waals surface area contributed by atoms with E-state index in [9.17, 15) is 19.3 Å². The fourth-order valence-electron chi connectivity index (χ4n) is 4.23. The maximum absolute atomic E-state index is 13.7. The molecule has 0 aliphatic heterocycles. The van der Waals surface area contributed by atoms with Gasteiger partial charge in [-0.2, -0.15) is 10.1 Å². The van der Waals surface area contributed by atoms with Gasteiger partial charge < -0.3 is 29.4 Å². The molecule has 15 heteroatoms. The van der Waals surface area contributed by atoms with Gasteiger partial charge in [0.15, 0.2) is 11.2 Å². The van der Waals surface area contributed by atoms with E-state index in [1.54, 1.807) is 16.7 Å². The maximum atomic E-state index is 13.7. The zero-order chi connectivity index (χ0) is 27.6. The molecule has 4 rings (SSSR count). The summed E-state index contributed by atoms with van der Waals surface area (Å²) in [6.07, 6.45) is 0.703. The molecule has 38 heavy (non-hydrogen) atoms. The van der Waals surface area contributed by atoms with E-state index in [-0.39, 0.29) is 35.9 Å². The summed E-state index contributed by atoms with van der Waals surface area (Å²) in [4.78, 5) is 34.8. The number of benzene rings is 1. The van der Waals surface area contributed by atoms with Gasteiger partial charge in [0.05, 0.1) is 39.3 Å². The number of aliphatic hydroxyl groups excluding tert-OH is 1. The van der Waals surface area contributed by atoms with Gasteiger partial charge >= 0.3 is 13.7 Å². The van der Waals surface area contributed by atoms with Gasteiger partial charge in [0, 0.05) is 5.92 Å². The van der Waals surface area contributed by atoms with Crippen LogP contribution >= 0.6 is 7.75 Å². The number of H-pyrrole nitrogens is 1. The van der Waals surface area contributed by atoms with E-state index >= 15 is 0 Å². The van der Waals surface area contributed by atoms with E-state index in [0.717, 1.165) is 0 Å². The predicted octanol–water partition coefficient (Wildman–Crippen LogP) is 1.54. The average molecular weight is 548 g/mol. The lowest BCUT2D eigenvalue weighted by molar-refractivity contribution is -0.142. The summed E-state index contributed by atoms with van der Waals surface area (Å²) in [6, 6.07) is 4.77. The fourth-order valence-corrected chi connectivity index (χ4v) is 5.75. The van der Waals surface area contributed by atoms with Crippen molar-refractivity contribution in [3.63, 3.8) is 0 Å². The highest BCUT2D eigenvalue weighted by molar-refractivity contribution is 7.52. The van der Waals surface area contributed by atoms with Crippen molar-refractivity contribution in [2.24, 2.45) is 5.92 Å². The Balaban J connectivity index is 1.54. The van der Waals surface area contributed by atoms with Crippen LogP contribution in [0.1, 0.15) is 19.4 Å². The maximum Gasteiger partial charge on any atom is 0.459 e. The number of aromatic amines is 1. The van der Waals surface area contributed by atoms with Crippen LogP contribution in [0.25, 0.3) is 11.2 Å². The van der Waals surface area contributed by atoms with Crippen molar-refractivity contribution >= 4 is 30.8 Å². The minimum atomic E-state index is -4.16. The normalized spacial score (nSPS) is 21.7. The molecule has 1 unspecified atom stereocenters. The number of aliphatic hydroxyl groups is 1. The first-order chi connectivity index (χ1) is 18.0. The first-order valence-electron chi connectivity index (χ1n) is 11.6. The molecule has 2 heterocycles. The van der Waals surface area contributed by atoms with Gasteiger partial charge in [-0.1, -0.05) is 6.58 Å². The molecule has 1 saturated carbocycles. The van der Waals surface area contributed by atoms with Gasteiger partial charge in [-0.3, -0.25) is 19.1 Å². The molecule has 1 fully saturated rings. The number of nitrogens with one attached hydrogen (secondary N) is 2. The number of carbonyl (C=O) groups is 1. The summed E-state index contributed by atoms with van der Waals surface area (Å²) in [5, 5.41) is 13.4. The van der Waals surface area contributed by atoms with Gasteiger partial charge in [-0.05, 0) is 43.2 Å². The number of esters is 1. The zero-order valence-electron chi connectivity index (χ0n) is 21.0. The fraction of sp³-hybridized carbons (Fsp3) is 0.391. The van der Waals surface area contributed by atoms with Crippen LogP contribution in [0.2, 0.25) is 0 Å². The largest absolute Gasteiger partial charge is 0.497 e. The Morgan fingerprint density at radius 3 is 2.68 bits per heavy atom. The van der Waals surface area contributed by atoms with Crippen molar-refractivity contribution in [3.8, 4) is 11.5 Å². The number of hydrogen-bond donors (Lipinski definition) is 4. The topological polar surface area (TPSA) is 193 Å². The quantitative estimate of drug-likeness (QED) is 0.162. The minimum absolute atomic E-state index is 0.0734. The van der Waals surface area contributed by atoms with Gasteiger partial charge in [-0.25, -0.2) is 9.55 Å². The standard InChI is InChI=1S/C23H29N6O8P/c1-12-16(18(30)9-17(12)29-11-25-19-20(29)26-23(24)27-21(19)31)10-36-38(33,28-13(2)22(32)35-4)37-15-7-5-14(34-3)6-8-15/h5-8,11,13,16-18,30H,1,9-10H2,2-4H3,(H,28,33)(H3,24,26,27,31)/t13?,16-,17-,18-,38-/m0/s1. The van der Waals surface area contributed by atoms with Crippen LogP contribution in [-0.2, 0) is 18.6 Å².